The average molecular weight is 229 g/mol. The first-order chi connectivity index (χ1) is 8.19. The summed E-state index contributed by atoms with van der Waals surface area (Å²) in [6.07, 6.45) is 2.01. The summed E-state index contributed by atoms with van der Waals surface area (Å²) in [6, 6.07) is 8.48. The summed E-state index contributed by atoms with van der Waals surface area (Å²) in [4.78, 5) is 0. The molecule has 90 valence electrons. The van der Waals surface area contributed by atoms with Gasteiger partial charge in [-0.15, -0.1) is 0 Å². The molecule has 2 aromatic rings. The first-order valence-corrected chi connectivity index (χ1v) is 6.02. The van der Waals surface area contributed by atoms with Crippen molar-refractivity contribution in [2.75, 3.05) is 5.32 Å². The summed E-state index contributed by atoms with van der Waals surface area (Å²) in [5.41, 5.74) is 4.86. The van der Waals surface area contributed by atoms with Crippen molar-refractivity contribution >= 4 is 5.69 Å². The van der Waals surface area contributed by atoms with Crippen LogP contribution < -0.4 is 5.32 Å². The van der Waals surface area contributed by atoms with Crippen molar-refractivity contribution in [2.24, 2.45) is 0 Å². The van der Waals surface area contributed by atoms with Gasteiger partial charge in [0.2, 0.25) is 0 Å². The zero-order chi connectivity index (χ0) is 12.3. The van der Waals surface area contributed by atoms with Crippen LogP contribution in [-0.4, -0.2) is 9.78 Å². The Morgan fingerprint density at radius 3 is 2.65 bits per heavy atom. The predicted molar refractivity (Wildman–Crippen MR) is 71.1 cm³/mol. The second-order valence-electron chi connectivity index (χ2n) is 4.32. The molecule has 3 heteroatoms. The fraction of sp³-hybridized carbons (Fsp3) is 0.357. The predicted octanol–water partition coefficient (Wildman–Crippen LogP) is 3.13. The molecule has 0 aliphatic rings. The smallest absolute Gasteiger partial charge is 0.0815 e. The van der Waals surface area contributed by atoms with Crippen LogP contribution in [0.3, 0.4) is 0 Å². The van der Waals surface area contributed by atoms with Crippen LogP contribution in [0.4, 0.5) is 5.69 Å². The number of anilines is 1. The molecule has 0 spiro atoms. The minimum Gasteiger partial charge on any atom is -0.379 e. The zero-order valence-electron chi connectivity index (χ0n) is 10.7. The van der Waals surface area contributed by atoms with Crippen LogP contribution in [0.15, 0.2) is 30.5 Å². The molecule has 1 heterocycles. The molecular formula is C14H19N3. The van der Waals surface area contributed by atoms with Crippen LogP contribution in [0.25, 0.3) is 0 Å². The van der Waals surface area contributed by atoms with Gasteiger partial charge in [0.05, 0.1) is 12.2 Å². The molecule has 0 fully saturated rings. The summed E-state index contributed by atoms with van der Waals surface area (Å²) in [5.74, 6) is 0. The molecule has 0 unspecified atom stereocenters. The van der Waals surface area contributed by atoms with Crippen LogP contribution in [-0.2, 0) is 13.1 Å². The molecule has 3 nitrogen and oxygen atoms in total. The van der Waals surface area contributed by atoms with Crippen molar-refractivity contribution in [3.05, 3.63) is 47.3 Å². The fourth-order valence-electron chi connectivity index (χ4n) is 1.72. The van der Waals surface area contributed by atoms with E-state index < -0.39 is 0 Å². The van der Waals surface area contributed by atoms with E-state index in [1.54, 1.807) is 0 Å². The highest BCUT2D eigenvalue weighted by Crippen LogP contribution is 2.14. The molecular weight excluding hydrogens is 210 g/mol. The average Bonchev–Trinajstić information content (AvgIpc) is 2.79. The molecule has 2 rings (SSSR count). The molecule has 0 radical (unpaired) electrons. The second kappa shape index (κ2) is 5.04. The molecule has 0 aliphatic carbocycles. The third-order valence-electron chi connectivity index (χ3n) is 3.00. The standard InChI is InChI=1S/C14H19N3/c1-4-17-8-7-14(16-17)10-15-13-6-5-11(2)12(3)9-13/h5-9,15H,4,10H2,1-3H3. The third-order valence-corrected chi connectivity index (χ3v) is 3.00. The Bertz CT molecular complexity index is 500. The van der Waals surface area contributed by atoms with Gasteiger partial charge < -0.3 is 5.32 Å². The van der Waals surface area contributed by atoms with Crippen LogP contribution in [0.2, 0.25) is 0 Å². The Morgan fingerprint density at radius 2 is 2.00 bits per heavy atom. The third kappa shape index (κ3) is 2.87. The molecule has 0 atom stereocenters. The van der Waals surface area contributed by atoms with E-state index in [2.05, 4.69) is 55.5 Å². The molecule has 1 aromatic carbocycles. The Kier molecular flexibility index (Phi) is 3.47. The van der Waals surface area contributed by atoms with Gasteiger partial charge in [-0.25, -0.2) is 0 Å². The van der Waals surface area contributed by atoms with Gasteiger partial charge in [-0.2, -0.15) is 5.10 Å². The number of aryl methyl sites for hydroxylation is 3. The molecule has 0 saturated heterocycles. The van der Waals surface area contributed by atoms with E-state index in [-0.39, 0.29) is 0 Å². The zero-order valence-corrected chi connectivity index (χ0v) is 10.7. The molecule has 0 amide bonds. The first-order valence-electron chi connectivity index (χ1n) is 6.02. The van der Waals surface area contributed by atoms with Gasteiger partial charge in [0.1, 0.15) is 0 Å². The van der Waals surface area contributed by atoms with Gasteiger partial charge >= 0.3 is 0 Å². The van der Waals surface area contributed by atoms with Crippen molar-refractivity contribution in [2.45, 2.75) is 33.9 Å². The summed E-state index contributed by atoms with van der Waals surface area (Å²) in [5, 5.41) is 7.83. The van der Waals surface area contributed by atoms with E-state index >= 15 is 0 Å². The Labute approximate surface area is 102 Å². The number of hydrogen-bond donors (Lipinski definition) is 1. The minimum atomic E-state index is 0.773. The lowest BCUT2D eigenvalue weighted by Crippen LogP contribution is -2.02. The lowest BCUT2D eigenvalue weighted by Gasteiger charge is -2.07. The highest BCUT2D eigenvalue weighted by molar-refractivity contribution is 5.48. The van der Waals surface area contributed by atoms with Crippen molar-refractivity contribution in [3.8, 4) is 0 Å². The van der Waals surface area contributed by atoms with E-state index in [4.69, 9.17) is 0 Å². The molecule has 0 bridgehead atoms. The quantitative estimate of drug-likeness (QED) is 0.873. The van der Waals surface area contributed by atoms with Gasteiger partial charge in [0, 0.05) is 18.4 Å². The highest BCUT2D eigenvalue weighted by atomic mass is 15.3. The van der Waals surface area contributed by atoms with E-state index in [0.717, 1.165) is 24.5 Å². The molecule has 1 N–H and O–H groups in total. The molecule has 17 heavy (non-hydrogen) atoms. The number of nitrogens with zero attached hydrogens (tertiary/aromatic N) is 2. The summed E-state index contributed by atoms with van der Waals surface area (Å²) in [7, 11) is 0. The Balaban J connectivity index is 1.99. The first kappa shape index (κ1) is 11.7. The lowest BCUT2D eigenvalue weighted by molar-refractivity contribution is 0.649. The largest absolute Gasteiger partial charge is 0.379 e. The highest BCUT2D eigenvalue weighted by Gasteiger charge is 1.99. The maximum atomic E-state index is 4.44. The summed E-state index contributed by atoms with van der Waals surface area (Å²) < 4.78 is 1.94. The van der Waals surface area contributed by atoms with Crippen molar-refractivity contribution < 1.29 is 0 Å². The molecule has 0 aliphatic heterocycles. The van der Waals surface area contributed by atoms with Gasteiger partial charge in [0.15, 0.2) is 0 Å². The topological polar surface area (TPSA) is 29.9 Å². The summed E-state index contributed by atoms with van der Waals surface area (Å²) in [6.45, 7) is 8.04. The second-order valence-corrected chi connectivity index (χ2v) is 4.32. The van der Waals surface area contributed by atoms with Crippen molar-refractivity contribution in [1.29, 1.82) is 0 Å². The molecule has 1 aromatic heterocycles. The van der Waals surface area contributed by atoms with Crippen molar-refractivity contribution in [1.82, 2.24) is 9.78 Å². The fourth-order valence-corrected chi connectivity index (χ4v) is 1.72. The molecule has 0 saturated carbocycles. The Morgan fingerprint density at radius 1 is 1.18 bits per heavy atom. The normalized spacial score (nSPS) is 10.5. The number of nitrogens with one attached hydrogen (secondary N) is 1. The number of rotatable bonds is 4. The maximum Gasteiger partial charge on any atom is 0.0815 e. The van der Waals surface area contributed by atoms with E-state index in [0.29, 0.717) is 0 Å². The van der Waals surface area contributed by atoms with Gasteiger partial charge in [-0.05, 0) is 50.1 Å². The monoisotopic (exact) mass is 229 g/mol. The number of aromatic nitrogens is 2. The van der Waals surface area contributed by atoms with Crippen molar-refractivity contribution in [3.63, 3.8) is 0 Å². The van der Waals surface area contributed by atoms with Crippen LogP contribution >= 0.6 is 0 Å². The van der Waals surface area contributed by atoms with Crippen LogP contribution in [0.5, 0.6) is 0 Å². The maximum absolute atomic E-state index is 4.44. The van der Waals surface area contributed by atoms with Gasteiger partial charge in [-0.3, -0.25) is 4.68 Å². The number of hydrogen-bond acceptors (Lipinski definition) is 2. The SMILES string of the molecule is CCn1ccc(CNc2ccc(C)c(C)c2)n1. The number of benzene rings is 1. The van der Waals surface area contributed by atoms with E-state index in [1.165, 1.54) is 11.1 Å². The van der Waals surface area contributed by atoms with E-state index in [9.17, 15) is 0 Å². The van der Waals surface area contributed by atoms with Crippen LogP contribution in [0, 0.1) is 13.8 Å². The Hall–Kier alpha value is -1.77. The lowest BCUT2D eigenvalue weighted by atomic mass is 10.1. The van der Waals surface area contributed by atoms with Gasteiger partial charge in [-0.1, -0.05) is 6.07 Å². The van der Waals surface area contributed by atoms with E-state index in [1.807, 2.05) is 10.9 Å². The van der Waals surface area contributed by atoms with Crippen LogP contribution in [0.1, 0.15) is 23.7 Å². The minimum absolute atomic E-state index is 0.773. The summed E-state index contributed by atoms with van der Waals surface area (Å²) >= 11 is 0. The van der Waals surface area contributed by atoms with Gasteiger partial charge in [0.25, 0.3) is 0 Å².